The van der Waals surface area contributed by atoms with Gasteiger partial charge in [-0.2, -0.15) is 0 Å². The summed E-state index contributed by atoms with van der Waals surface area (Å²) in [5, 5.41) is 3.27. The minimum atomic E-state index is -0.0876. The number of nitrogens with zero attached hydrogens (tertiary/aromatic N) is 1. The van der Waals surface area contributed by atoms with E-state index in [1.165, 1.54) is 12.8 Å². The summed E-state index contributed by atoms with van der Waals surface area (Å²) in [5.41, 5.74) is 7.86. The van der Waals surface area contributed by atoms with Crippen LogP contribution in [0.4, 0.5) is 0 Å². The second kappa shape index (κ2) is 5.50. The maximum absolute atomic E-state index is 6.27. The maximum Gasteiger partial charge on any atom is 0.125 e. The van der Waals surface area contributed by atoms with Crippen LogP contribution >= 0.6 is 11.6 Å². The average Bonchev–Trinajstić information content (AvgIpc) is 3.09. The molecule has 2 rings (SSSR count). The van der Waals surface area contributed by atoms with Gasteiger partial charge >= 0.3 is 0 Å². The molecule has 0 aromatic rings. The molecule has 0 amide bonds. The molecule has 0 bridgehead atoms. The van der Waals surface area contributed by atoms with Gasteiger partial charge in [0.05, 0.1) is 0 Å². The predicted octanol–water partition coefficient (Wildman–Crippen LogP) is 2.13. The monoisotopic (exact) mass is 253 g/mol. The van der Waals surface area contributed by atoms with Crippen molar-refractivity contribution in [2.75, 3.05) is 13.6 Å². The Morgan fingerprint density at radius 3 is 3.12 bits per heavy atom. The standard InChI is InChI=1S/C13H20ClN3/c1-17-6-2-3-11(13(17)14)7-12(15)9-16-8-10-4-5-10/h2-3,6,9-10,13,16H,4-5,7-8,15H2,1H3/b12-9-. The second-order valence-electron chi connectivity index (χ2n) is 4.83. The van der Waals surface area contributed by atoms with Gasteiger partial charge in [0, 0.05) is 38.1 Å². The van der Waals surface area contributed by atoms with Crippen LogP contribution in [-0.4, -0.2) is 24.0 Å². The zero-order valence-electron chi connectivity index (χ0n) is 10.2. The van der Waals surface area contributed by atoms with Gasteiger partial charge in [-0.05, 0) is 30.4 Å². The van der Waals surface area contributed by atoms with Crippen molar-refractivity contribution in [2.45, 2.75) is 24.8 Å². The van der Waals surface area contributed by atoms with Gasteiger partial charge in [-0.3, -0.25) is 0 Å². The van der Waals surface area contributed by atoms with Gasteiger partial charge in [0.2, 0.25) is 0 Å². The minimum Gasteiger partial charge on any atom is -0.401 e. The first-order chi connectivity index (χ1) is 8.16. The number of nitrogens with two attached hydrogens (primary N) is 1. The van der Waals surface area contributed by atoms with Crippen LogP contribution < -0.4 is 11.1 Å². The SMILES string of the molecule is CN1C=CC=C(C/C(N)=C/NCC2CC2)C1Cl. The molecule has 0 aromatic carbocycles. The lowest BCUT2D eigenvalue weighted by atomic mass is 10.1. The van der Waals surface area contributed by atoms with E-state index in [0.29, 0.717) is 0 Å². The number of likely N-dealkylation sites (N-methyl/N-ethyl adjacent to an activating group) is 1. The fourth-order valence-electron chi connectivity index (χ4n) is 1.83. The van der Waals surface area contributed by atoms with E-state index in [9.17, 15) is 0 Å². The van der Waals surface area contributed by atoms with Gasteiger partial charge in [-0.25, -0.2) is 0 Å². The van der Waals surface area contributed by atoms with Crippen LogP contribution in [0.15, 0.2) is 35.8 Å². The largest absolute Gasteiger partial charge is 0.401 e. The van der Waals surface area contributed by atoms with Gasteiger partial charge in [0.15, 0.2) is 0 Å². The summed E-state index contributed by atoms with van der Waals surface area (Å²) in [6, 6.07) is 0. The van der Waals surface area contributed by atoms with Crippen LogP contribution in [0.5, 0.6) is 0 Å². The van der Waals surface area contributed by atoms with E-state index >= 15 is 0 Å². The number of rotatable bonds is 5. The topological polar surface area (TPSA) is 41.3 Å². The van der Waals surface area contributed by atoms with Gasteiger partial charge in [-0.1, -0.05) is 17.7 Å². The molecular formula is C13H20ClN3. The summed E-state index contributed by atoms with van der Waals surface area (Å²) in [4.78, 5) is 1.97. The summed E-state index contributed by atoms with van der Waals surface area (Å²) in [7, 11) is 1.96. The third-order valence-corrected chi connectivity index (χ3v) is 3.68. The van der Waals surface area contributed by atoms with Gasteiger partial charge in [-0.15, -0.1) is 0 Å². The molecule has 3 N–H and O–H groups in total. The Hall–Kier alpha value is -1.09. The van der Waals surface area contributed by atoms with E-state index in [0.717, 1.165) is 30.2 Å². The summed E-state index contributed by atoms with van der Waals surface area (Å²) >= 11 is 6.27. The van der Waals surface area contributed by atoms with Crippen molar-refractivity contribution in [3.63, 3.8) is 0 Å². The number of halogens is 1. The van der Waals surface area contributed by atoms with Crippen LogP contribution in [0, 0.1) is 5.92 Å². The van der Waals surface area contributed by atoms with Crippen LogP contribution in [0.1, 0.15) is 19.3 Å². The zero-order chi connectivity index (χ0) is 12.3. The van der Waals surface area contributed by atoms with E-state index in [2.05, 4.69) is 5.32 Å². The Bertz CT molecular complexity index is 356. The number of alkyl halides is 1. The smallest absolute Gasteiger partial charge is 0.125 e. The van der Waals surface area contributed by atoms with Gasteiger partial charge in [0.1, 0.15) is 5.50 Å². The summed E-state index contributed by atoms with van der Waals surface area (Å²) in [6.45, 7) is 1.05. The third kappa shape index (κ3) is 3.70. The van der Waals surface area contributed by atoms with Crippen molar-refractivity contribution >= 4 is 11.6 Å². The fourth-order valence-corrected chi connectivity index (χ4v) is 2.04. The molecule has 1 fully saturated rings. The van der Waals surface area contributed by atoms with Crippen molar-refractivity contribution in [3.8, 4) is 0 Å². The molecule has 0 spiro atoms. The summed E-state index contributed by atoms with van der Waals surface area (Å²) < 4.78 is 0. The van der Waals surface area contributed by atoms with E-state index in [4.69, 9.17) is 17.3 Å². The fraction of sp³-hybridized carbons (Fsp3) is 0.538. The van der Waals surface area contributed by atoms with Crippen molar-refractivity contribution in [1.82, 2.24) is 10.2 Å². The second-order valence-corrected chi connectivity index (χ2v) is 5.25. The molecule has 2 aliphatic rings. The molecule has 1 aliphatic carbocycles. The molecule has 3 nitrogen and oxygen atoms in total. The van der Waals surface area contributed by atoms with E-state index in [1.54, 1.807) is 0 Å². The zero-order valence-corrected chi connectivity index (χ0v) is 11.0. The molecule has 0 saturated heterocycles. The number of nitrogens with one attached hydrogen (secondary N) is 1. The molecular weight excluding hydrogens is 234 g/mol. The van der Waals surface area contributed by atoms with Crippen molar-refractivity contribution < 1.29 is 0 Å². The normalized spacial score (nSPS) is 24.8. The van der Waals surface area contributed by atoms with Crippen molar-refractivity contribution in [3.05, 3.63) is 35.8 Å². The molecule has 0 radical (unpaired) electrons. The van der Waals surface area contributed by atoms with E-state index in [-0.39, 0.29) is 5.50 Å². The van der Waals surface area contributed by atoms with Crippen molar-refractivity contribution in [1.29, 1.82) is 0 Å². The highest BCUT2D eigenvalue weighted by Gasteiger charge is 2.20. The Morgan fingerprint density at radius 2 is 2.41 bits per heavy atom. The highest BCUT2D eigenvalue weighted by Crippen LogP contribution is 2.27. The Labute approximate surface area is 108 Å². The minimum absolute atomic E-state index is 0.0876. The number of allylic oxidation sites excluding steroid dienone is 3. The molecule has 1 saturated carbocycles. The molecule has 94 valence electrons. The highest BCUT2D eigenvalue weighted by molar-refractivity contribution is 6.22. The van der Waals surface area contributed by atoms with E-state index < -0.39 is 0 Å². The Balaban J connectivity index is 1.82. The van der Waals surface area contributed by atoms with E-state index in [1.807, 2.05) is 36.5 Å². The lowest BCUT2D eigenvalue weighted by Crippen LogP contribution is -2.26. The summed E-state index contributed by atoms with van der Waals surface area (Å²) in [5.74, 6) is 0.864. The first-order valence-electron chi connectivity index (χ1n) is 6.08. The van der Waals surface area contributed by atoms with Gasteiger partial charge in [0.25, 0.3) is 0 Å². The summed E-state index contributed by atoms with van der Waals surface area (Å²) in [6.07, 6.45) is 11.4. The quantitative estimate of drug-likeness (QED) is 0.583. The molecule has 1 unspecified atom stereocenters. The molecule has 1 aliphatic heterocycles. The molecule has 0 aromatic heterocycles. The predicted molar refractivity (Wildman–Crippen MR) is 72.2 cm³/mol. The first-order valence-corrected chi connectivity index (χ1v) is 6.51. The number of hydrogen-bond acceptors (Lipinski definition) is 3. The number of hydrogen-bond donors (Lipinski definition) is 2. The van der Waals surface area contributed by atoms with Gasteiger partial charge < -0.3 is 16.0 Å². The van der Waals surface area contributed by atoms with Crippen molar-refractivity contribution in [2.24, 2.45) is 11.7 Å². The lowest BCUT2D eigenvalue weighted by molar-refractivity contribution is 0.446. The Morgan fingerprint density at radius 1 is 1.65 bits per heavy atom. The van der Waals surface area contributed by atoms with Crippen LogP contribution in [0.25, 0.3) is 0 Å². The van der Waals surface area contributed by atoms with Crippen LogP contribution in [0.2, 0.25) is 0 Å². The first kappa shape index (κ1) is 12.4. The molecule has 17 heavy (non-hydrogen) atoms. The highest BCUT2D eigenvalue weighted by atomic mass is 35.5. The lowest BCUT2D eigenvalue weighted by Gasteiger charge is -2.26. The molecule has 4 heteroatoms. The third-order valence-electron chi connectivity index (χ3n) is 3.09. The van der Waals surface area contributed by atoms with Crippen LogP contribution in [0.3, 0.4) is 0 Å². The van der Waals surface area contributed by atoms with Crippen LogP contribution in [-0.2, 0) is 0 Å². The molecule has 1 heterocycles. The molecule has 1 atom stereocenters. The maximum atomic E-state index is 6.27. The Kier molecular flexibility index (Phi) is 4.00. The average molecular weight is 254 g/mol.